The van der Waals surface area contributed by atoms with Crippen LogP contribution in [0.5, 0.6) is 0 Å². The summed E-state index contributed by atoms with van der Waals surface area (Å²) in [6, 6.07) is 9.69. The number of nitrogens with zero attached hydrogens (tertiary/aromatic N) is 3. The van der Waals surface area contributed by atoms with E-state index in [2.05, 4.69) is 32.4 Å². The van der Waals surface area contributed by atoms with Gasteiger partial charge in [0.1, 0.15) is 17.5 Å². The first-order chi connectivity index (χ1) is 9.19. The molecule has 0 radical (unpaired) electrons. The van der Waals surface area contributed by atoms with E-state index in [1.807, 2.05) is 31.2 Å². The van der Waals surface area contributed by atoms with E-state index in [4.69, 9.17) is 5.73 Å². The lowest BCUT2D eigenvalue weighted by Crippen LogP contribution is -2.04. The predicted molar refractivity (Wildman–Crippen MR) is 79.2 cm³/mol. The first kappa shape index (κ1) is 13.4. The lowest BCUT2D eigenvalue weighted by atomic mass is 10.3. The number of nitrogens with one attached hydrogen (secondary N) is 1. The molecule has 0 aliphatic rings. The number of anilines is 2. The lowest BCUT2D eigenvalue weighted by Gasteiger charge is -2.05. The van der Waals surface area contributed by atoms with Gasteiger partial charge in [-0.2, -0.15) is 5.26 Å². The van der Waals surface area contributed by atoms with Gasteiger partial charge in [-0.05, 0) is 34.5 Å². The molecule has 5 nitrogen and oxygen atoms in total. The van der Waals surface area contributed by atoms with E-state index in [9.17, 15) is 5.26 Å². The van der Waals surface area contributed by atoms with Crippen molar-refractivity contribution in [2.45, 2.75) is 13.3 Å². The van der Waals surface area contributed by atoms with Crippen LogP contribution < -0.4 is 11.1 Å². The van der Waals surface area contributed by atoms with Crippen LogP contribution in [0.3, 0.4) is 0 Å². The Bertz CT molecular complexity index is 626. The van der Waals surface area contributed by atoms with Gasteiger partial charge < -0.3 is 11.1 Å². The van der Waals surface area contributed by atoms with Gasteiger partial charge in [0.25, 0.3) is 0 Å². The van der Waals surface area contributed by atoms with Crippen LogP contribution >= 0.6 is 15.9 Å². The Morgan fingerprint density at radius 1 is 1.47 bits per heavy atom. The second-order valence-corrected chi connectivity index (χ2v) is 4.86. The average Bonchev–Trinajstić information content (AvgIpc) is 2.73. The number of nitrogens with two attached hydrogens (primary N) is 1. The van der Waals surface area contributed by atoms with Crippen LogP contribution in [0, 0.1) is 11.3 Å². The van der Waals surface area contributed by atoms with Gasteiger partial charge >= 0.3 is 0 Å². The van der Waals surface area contributed by atoms with Gasteiger partial charge in [0, 0.05) is 11.0 Å². The van der Waals surface area contributed by atoms with Crippen LogP contribution in [0.15, 0.2) is 28.7 Å². The van der Waals surface area contributed by atoms with Crippen LogP contribution in [0.25, 0.3) is 5.69 Å². The summed E-state index contributed by atoms with van der Waals surface area (Å²) < 4.78 is 2.44. The molecule has 0 saturated carbocycles. The Morgan fingerprint density at radius 2 is 2.21 bits per heavy atom. The Balaban J connectivity index is 2.51. The molecule has 0 aliphatic carbocycles. The summed E-state index contributed by atoms with van der Waals surface area (Å²) in [7, 11) is 0. The van der Waals surface area contributed by atoms with Gasteiger partial charge in [-0.3, -0.25) is 0 Å². The number of halogens is 1. The first-order valence-electron chi connectivity index (χ1n) is 5.96. The fourth-order valence-corrected chi connectivity index (χ4v) is 2.17. The first-order valence-corrected chi connectivity index (χ1v) is 6.75. The molecule has 2 rings (SSSR count). The van der Waals surface area contributed by atoms with Crippen LogP contribution in [-0.4, -0.2) is 16.3 Å². The fourth-order valence-electron chi connectivity index (χ4n) is 1.72. The molecule has 0 saturated heterocycles. The monoisotopic (exact) mass is 319 g/mol. The van der Waals surface area contributed by atoms with Crippen molar-refractivity contribution in [3.63, 3.8) is 0 Å². The summed E-state index contributed by atoms with van der Waals surface area (Å²) in [6.45, 7) is 2.80. The highest BCUT2D eigenvalue weighted by Gasteiger charge is 2.17. The summed E-state index contributed by atoms with van der Waals surface area (Å²) in [6.07, 6.45) is 0.951. The zero-order valence-electron chi connectivity index (χ0n) is 10.5. The van der Waals surface area contributed by atoms with Crippen LogP contribution in [0.1, 0.15) is 18.9 Å². The van der Waals surface area contributed by atoms with Gasteiger partial charge in [-0.1, -0.05) is 19.1 Å². The topological polar surface area (TPSA) is 79.7 Å². The highest BCUT2D eigenvalue weighted by atomic mass is 79.9. The second kappa shape index (κ2) is 5.76. The van der Waals surface area contributed by atoms with Crippen molar-refractivity contribution in [1.82, 2.24) is 9.78 Å². The number of benzene rings is 1. The molecule has 19 heavy (non-hydrogen) atoms. The third-order valence-electron chi connectivity index (χ3n) is 2.66. The van der Waals surface area contributed by atoms with Gasteiger partial charge in [0.15, 0.2) is 5.82 Å². The number of aromatic nitrogens is 2. The molecule has 1 aromatic carbocycles. The molecular weight excluding hydrogens is 306 g/mol. The zero-order chi connectivity index (χ0) is 13.8. The third-order valence-corrected chi connectivity index (χ3v) is 3.33. The molecule has 6 heteroatoms. The molecule has 0 bridgehead atoms. The smallest absolute Gasteiger partial charge is 0.168 e. The lowest BCUT2D eigenvalue weighted by molar-refractivity contribution is 0.877. The summed E-state index contributed by atoms with van der Waals surface area (Å²) in [5.74, 6) is 0.866. The summed E-state index contributed by atoms with van der Waals surface area (Å²) in [5, 5.41) is 16.7. The molecule has 0 spiro atoms. The molecular formula is C13H14BrN5. The van der Waals surface area contributed by atoms with Crippen molar-refractivity contribution in [2.24, 2.45) is 0 Å². The number of hydrogen-bond donors (Lipinski definition) is 2. The second-order valence-electron chi connectivity index (χ2n) is 4.01. The van der Waals surface area contributed by atoms with Crippen molar-refractivity contribution in [3.05, 3.63) is 34.3 Å². The average molecular weight is 320 g/mol. The van der Waals surface area contributed by atoms with Crippen molar-refractivity contribution in [2.75, 3.05) is 17.6 Å². The van der Waals surface area contributed by atoms with E-state index in [1.54, 1.807) is 4.68 Å². The van der Waals surface area contributed by atoms with Crippen LogP contribution in [-0.2, 0) is 0 Å². The third kappa shape index (κ3) is 2.56. The van der Waals surface area contributed by atoms with Crippen LogP contribution in [0.4, 0.5) is 11.6 Å². The van der Waals surface area contributed by atoms with E-state index < -0.39 is 0 Å². The number of nitrogen functional groups attached to an aromatic ring is 1. The SMILES string of the molecule is CCCNc1nn(-c2ccccc2Br)c(N)c1C#N. The summed E-state index contributed by atoms with van der Waals surface area (Å²) >= 11 is 3.46. The molecule has 1 heterocycles. The highest BCUT2D eigenvalue weighted by Crippen LogP contribution is 2.27. The Hall–Kier alpha value is -2.00. The molecule has 1 aromatic heterocycles. The van der Waals surface area contributed by atoms with Gasteiger partial charge in [-0.25, -0.2) is 4.68 Å². The number of rotatable bonds is 4. The minimum absolute atomic E-state index is 0.341. The minimum Gasteiger partial charge on any atom is -0.382 e. The molecule has 0 amide bonds. The van der Waals surface area contributed by atoms with Crippen LogP contribution in [0.2, 0.25) is 0 Å². The molecule has 0 atom stereocenters. The molecule has 2 aromatic rings. The van der Waals surface area contributed by atoms with E-state index in [0.717, 1.165) is 23.1 Å². The van der Waals surface area contributed by atoms with Crippen molar-refractivity contribution in [3.8, 4) is 11.8 Å². The maximum Gasteiger partial charge on any atom is 0.168 e. The van der Waals surface area contributed by atoms with Crippen molar-refractivity contribution >= 4 is 27.6 Å². The number of para-hydroxylation sites is 1. The number of nitriles is 1. The maximum atomic E-state index is 9.19. The Morgan fingerprint density at radius 3 is 2.84 bits per heavy atom. The Kier molecular flexibility index (Phi) is 4.07. The number of hydrogen-bond acceptors (Lipinski definition) is 4. The molecule has 3 N–H and O–H groups in total. The minimum atomic E-state index is 0.341. The predicted octanol–water partition coefficient (Wildman–Crippen LogP) is 2.91. The molecule has 0 fully saturated rings. The van der Waals surface area contributed by atoms with E-state index in [-0.39, 0.29) is 0 Å². The normalized spacial score (nSPS) is 10.2. The van der Waals surface area contributed by atoms with Gasteiger partial charge in [-0.15, -0.1) is 5.10 Å². The highest BCUT2D eigenvalue weighted by molar-refractivity contribution is 9.10. The van der Waals surface area contributed by atoms with E-state index in [0.29, 0.717) is 17.2 Å². The fraction of sp³-hybridized carbons (Fsp3) is 0.231. The Labute approximate surface area is 120 Å². The van der Waals surface area contributed by atoms with E-state index in [1.165, 1.54) is 0 Å². The van der Waals surface area contributed by atoms with Gasteiger partial charge in [0.2, 0.25) is 0 Å². The summed E-state index contributed by atoms with van der Waals surface area (Å²) in [5.41, 5.74) is 7.19. The quantitative estimate of drug-likeness (QED) is 0.908. The zero-order valence-corrected chi connectivity index (χ0v) is 12.1. The largest absolute Gasteiger partial charge is 0.382 e. The van der Waals surface area contributed by atoms with E-state index >= 15 is 0 Å². The molecule has 0 unspecified atom stereocenters. The van der Waals surface area contributed by atoms with Crippen molar-refractivity contribution in [1.29, 1.82) is 5.26 Å². The molecule has 98 valence electrons. The molecule has 0 aliphatic heterocycles. The van der Waals surface area contributed by atoms with Crippen molar-refractivity contribution < 1.29 is 0 Å². The standard InChI is InChI=1S/C13H14BrN5/c1-2-7-17-13-9(8-15)12(16)19(18-13)11-6-4-3-5-10(11)14/h3-6H,2,7,16H2,1H3,(H,17,18). The maximum absolute atomic E-state index is 9.19. The van der Waals surface area contributed by atoms with Gasteiger partial charge in [0.05, 0.1) is 5.69 Å². The summed E-state index contributed by atoms with van der Waals surface area (Å²) in [4.78, 5) is 0.